The monoisotopic (exact) mass is 294 g/mol. The maximum atomic E-state index is 11.9. The van der Waals surface area contributed by atoms with Crippen molar-refractivity contribution >= 4 is 5.91 Å². The van der Waals surface area contributed by atoms with Crippen molar-refractivity contribution < 1.29 is 14.3 Å². The molecule has 2 atom stereocenters. The van der Waals surface area contributed by atoms with Crippen LogP contribution in [0.3, 0.4) is 0 Å². The second-order valence-electron chi connectivity index (χ2n) is 5.18. The van der Waals surface area contributed by atoms with Crippen molar-refractivity contribution in [1.82, 2.24) is 10.2 Å². The Labute approximate surface area is 127 Å². The van der Waals surface area contributed by atoms with Crippen molar-refractivity contribution in [2.24, 2.45) is 0 Å². The summed E-state index contributed by atoms with van der Waals surface area (Å²) in [5, 5.41) is 3.35. The van der Waals surface area contributed by atoms with Crippen LogP contribution in [0.25, 0.3) is 0 Å². The fourth-order valence-corrected chi connectivity index (χ4v) is 2.08. The minimum absolute atomic E-state index is 0.0813. The van der Waals surface area contributed by atoms with Crippen LogP contribution in [0.5, 0.6) is 11.5 Å². The van der Waals surface area contributed by atoms with Gasteiger partial charge in [0, 0.05) is 20.1 Å². The molecule has 5 nitrogen and oxygen atoms in total. The molecule has 0 fully saturated rings. The zero-order chi connectivity index (χ0) is 16.0. The number of benzene rings is 1. The Morgan fingerprint density at radius 1 is 1.29 bits per heavy atom. The molecule has 5 heteroatoms. The molecule has 0 aromatic heterocycles. The molecule has 0 bridgehead atoms. The summed E-state index contributed by atoms with van der Waals surface area (Å²) in [7, 11) is 5.02. The predicted octanol–water partition coefficient (Wildman–Crippen LogP) is 2.22. The maximum Gasteiger partial charge on any atom is 0.262 e. The highest BCUT2D eigenvalue weighted by molar-refractivity contribution is 5.80. The Hall–Kier alpha value is -1.75. The van der Waals surface area contributed by atoms with E-state index in [2.05, 4.69) is 19.2 Å². The molecule has 0 saturated carbocycles. The van der Waals surface area contributed by atoms with Crippen molar-refractivity contribution in [3.8, 4) is 11.5 Å². The first-order chi connectivity index (χ1) is 9.90. The Kier molecular flexibility index (Phi) is 6.49. The van der Waals surface area contributed by atoms with Gasteiger partial charge in [0.1, 0.15) is 0 Å². The highest BCUT2D eigenvalue weighted by atomic mass is 16.5. The van der Waals surface area contributed by atoms with Crippen LogP contribution in [0.1, 0.15) is 32.4 Å². The molecular weight excluding hydrogens is 268 g/mol. The average molecular weight is 294 g/mol. The molecule has 0 aliphatic heterocycles. The van der Waals surface area contributed by atoms with Gasteiger partial charge in [-0.05, 0) is 38.1 Å². The third kappa shape index (κ3) is 4.63. The van der Waals surface area contributed by atoms with Crippen LogP contribution in [0, 0.1) is 0 Å². The molecule has 118 valence electrons. The van der Waals surface area contributed by atoms with E-state index in [-0.39, 0.29) is 11.9 Å². The second-order valence-corrected chi connectivity index (χ2v) is 5.18. The predicted molar refractivity (Wildman–Crippen MR) is 83.9 cm³/mol. The summed E-state index contributed by atoms with van der Waals surface area (Å²) >= 11 is 0. The van der Waals surface area contributed by atoms with E-state index in [0.717, 1.165) is 12.1 Å². The minimum atomic E-state index is -0.550. The summed E-state index contributed by atoms with van der Waals surface area (Å²) in [6, 6.07) is 6.01. The molecule has 0 aliphatic carbocycles. The van der Waals surface area contributed by atoms with Crippen molar-refractivity contribution in [3.05, 3.63) is 23.8 Å². The Bertz CT molecular complexity index is 475. The fraction of sp³-hybridized carbons (Fsp3) is 0.562. The number of carbonyl (C=O) groups is 1. The van der Waals surface area contributed by atoms with E-state index in [1.165, 1.54) is 4.90 Å². The highest BCUT2D eigenvalue weighted by Gasteiger charge is 2.19. The third-order valence-corrected chi connectivity index (χ3v) is 3.29. The summed E-state index contributed by atoms with van der Waals surface area (Å²) in [6.45, 7) is 6.80. The Morgan fingerprint density at radius 3 is 2.48 bits per heavy atom. The molecule has 1 amide bonds. The standard InChI is InChI=1S/C16H26N2O3/c1-7-17-11(2)13-8-9-14(15(10-13)20-6)21-12(3)16(19)18(4)5/h8-12,17H,7H2,1-6H3. The number of methoxy groups -OCH3 is 1. The molecule has 0 heterocycles. The number of nitrogens with zero attached hydrogens (tertiary/aromatic N) is 1. The van der Waals surface area contributed by atoms with Crippen molar-refractivity contribution in [3.63, 3.8) is 0 Å². The lowest BCUT2D eigenvalue weighted by Crippen LogP contribution is -2.35. The van der Waals surface area contributed by atoms with Gasteiger partial charge in [-0.2, -0.15) is 0 Å². The van der Waals surface area contributed by atoms with Gasteiger partial charge in [-0.1, -0.05) is 13.0 Å². The van der Waals surface area contributed by atoms with Crippen molar-refractivity contribution in [2.45, 2.75) is 32.9 Å². The van der Waals surface area contributed by atoms with Gasteiger partial charge in [0.25, 0.3) is 5.91 Å². The van der Waals surface area contributed by atoms with Gasteiger partial charge in [0.2, 0.25) is 0 Å². The van der Waals surface area contributed by atoms with E-state index < -0.39 is 6.10 Å². The molecular formula is C16H26N2O3. The van der Waals surface area contributed by atoms with Gasteiger partial charge in [-0.3, -0.25) is 4.79 Å². The largest absolute Gasteiger partial charge is 0.493 e. The van der Waals surface area contributed by atoms with E-state index in [1.54, 1.807) is 28.1 Å². The minimum Gasteiger partial charge on any atom is -0.493 e. The third-order valence-electron chi connectivity index (χ3n) is 3.29. The number of likely N-dealkylation sites (N-methyl/N-ethyl adjacent to an activating group) is 1. The lowest BCUT2D eigenvalue weighted by molar-refractivity contribution is -0.135. The number of hydrogen-bond donors (Lipinski definition) is 1. The number of ether oxygens (including phenoxy) is 2. The smallest absolute Gasteiger partial charge is 0.262 e. The number of amides is 1. The first kappa shape index (κ1) is 17.3. The number of nitrogens with one attached hydrogen (secondary N) is 1. The lowest BCUT2D eigenvalue weighted by Gasteiger charge is -2.21. The lowest BCUT2D eigenvalue weighted by atomic mass is 10.1. The maximum absolute atomic E-state index is 11.9. The summed E-state index contributed by atoms with van der Waals surface area (Å²) in [6.07, 6.45) is -0.550. The van der Waals surface area contributed by atoms with Crippen LogP contribution in [0.4, 0.5) is 0 Å². The normalized spacial score (nSPS) is 13.4. The van der Waals surface area contributed by atoms with Crippen LogP contribution >= 0.6 is 0 Å². The average Bonchev–Trinajstić information content (AvgIpc) is 2.46. The fourth-order valence-electron chi connectivity index (χ4n) is 2.08. The quantitative estimate of drug-likeness (QED) is 0.838. The number of carbonyl (C=O) groups excluding carboxylic acids is 1. The van der Waals surface area contributed by atoms with Crippen LogP contribution in [0.15, 0.2) is 18.2 Å². The van der Waals surface area contributed by atoms with E-state index >= 15 is 0 Å². The van der Waals surface area contributed by atoms with Crippen LogP contribution in [-0.2, 0) is 4.79 Å². The van der Waals surface area contributed by atoms with Gasteiger partial charge >= 0.3 is 0 Å². The Morgan fingerprint density at radius 2 is 1.95 bits per heavy atom. The number of rotatable bonds is 7. The molecule has 1 N–H and O–H groups in total. The first-order valence-electron chi connectivity index (χ1n) is 7.19. The van der Waals surface area contributed by atoms with E-state index in [0.29, 0.717) is 11.5 Å². The van der Waals surface area contributed by atoms with Crippen LogP contribution < -0.4 is 14.8 Å². The van der Waals surface area contributed by atoms with Crippen molar-refractivity contribution in [1.29, 1.82) is 0 Å². The summed E-state index contributed by atoms with van der Waals surface area (Å²) < 4.78 is 11.1. The van der Waals surface area contributed by atoms with Gasteiger partial charge in [-0.25, -0.2) is 0 Å². The molecule has 1 rings (SSSR count). The van der Waals surface area contributed by atoms with Gasteiger partial charge in [0.05, 0.1) is 7.11 Å². The molecule has 2 unspecified atom stereocenters. The topological polar surface area (TPSA) is 50.8 Å². The summed E-state index contributed by atoms with van der Waals surface area (Å²) in [5.41, 5.74) is 1.12. The molecule has 1 aromatic rings. The second kappa shape index (κ2) is 7.88. The van der Waals surface area contributed by atoms with E-state index in [4.69, 9.17) is 9.47 Å². The Balaban J connectivity index is 2.91. The van der Waals surface area contributed by atoms with Crippen LogP contribution in [-0.4, -0.2) is 44.7 Å². The van der Waals surface area contributed by atoms with Gasteiger partial charge < -0.3 is 19.7 Å². The molecule has 1 aromatic carbocycles. The van der Waals surface area contributed by atoms with Gasteiger partial charge in [0.15, 0.2) is 17.6 Å². The van der Waals surface area contributed by atoms with Crippen molar-refractivity contribution in [2.75, 3.05) is 27.7 Å². The first-order valence-corrected chi connectivity index (χ1v) is 7.19. The summed E-state index contributed by atoms with van der Waals surface area (Å²) in [5.74, 6) is 1.13. The van der Waals surface area contributed by atoms with Crippen LogP contribution in [0.2, 0.25) is 0 Å². The van der Waals surface area contributed by atoms with E-state index in [9.17, 15) is 4.79 Å². The molecule has 0 spiro atoms. The number of hydrogen-bond acceptors (Lipinski definition) is 4. The highest BCUT2D eigenvalue weighted by Crippen LogP contribution is 2.31. The zero-order valence-corrected chi connectivity index (χ0v) is 13.8. The molecule has 0 aliphatic rings. The molecule has 0 radical (unpaired) electrons. The zero-order valence-electron chi connectivity index (χ0n) is 13.8. The van der Waals surface area contributed by atoms with E-state index in [1.807, 2.05) is 18.2 Å². The SMILES string of the molecule is CCNC(C)c1ccc(OC(C)C(=O)N(C)C)c(OC)c1. The summed E-state index contributed by atoms with van der Waals surface area (Å²) in [4.78, 5) is 13.4. The molecule has 0 saturated heterocycles. The van der Waals surface area contributed by atoms with Gasteiger partial charge in [-0.15, -0.1) is 0 Å². The molecule has 21 heavy (non-hydrogen) atoms.